The van der Waals surface area contributed by atoms with Gasteiger partial charge in [0.1, 0.15) is 11.5 Å². The Bertz CT molecular complexity index is 829. The first-order valence-electron chi connectivity index (χ1n) is 8.20. The minimum absolute atomic E-state index is 0.134. The highest BCUT2D eigenvalue weighted by Crippen LogP contribution is 2.24. The van der Waals surface area contributed by atoms with Gasteiger partial charge in [0.15, 0.2) is 6.61 Å². The topological polar surface area (TPSA) is 90.9 Å². The van der Waals surface area contributed by atoms with Crippen LogP contribution in [0.25, 0.3) is 0 Å². The van der Waals surface area contributed by atoms with Crippen molar-refractivity contribution >= 4 is 17.7 Å². The lowest BCUT2D eigenvalue weighted by atomic mass is 10.1. The van der Waals surface area contributed by atoms with Crippen LogP contribution in [0, 0.1) is 0 Å². The van der Waals surface area contributed by atoms with Crippen LogP contribution < -0.4 is 14.8 Å². The fraction of sp³-hybridized carbons (Fsp3) is 0.250. The van der Waals surface area contributed by atoms with Crippen LogP contribution in [0.3, 0.4) is 0 Å². The highest BCUT2D eigenvalue weighted by atomic mass is 16.5. The van der Waals surface area contributed by atoms with E-state index in [4.69, 9.17) is 14.2 Å². The van der Waals surface area contributed by atoms with Crippen molar-refractivity contribution < 1.29 is 28.6 Å². The number of carbonyl (C=O) groups is 3. The number of hydrogen-bond acceptors (Lipinski definition) is 6. The largest absolute Gasteiger partial charge is 0.497 e. The van der Waals surface area contributed by atoms with Crippen LogP contribution in [0.1, 0.15) is 33.2 Å². The summed E-state index contributed by atoms with van der Waals surface area (Å²) in [5.41, 5.74) is 1.43. The molecule has 27 heavy (non-hydrogen) atoms. The van der Waals surface area contributed by atoms with E-state index >= 15 is 0 Å². The van der Waals surface area contributed by atoms with Gasteiger partial charge < -0.3 is 19.5 Å². The second kappa shape index (κ2) is 9.38. The molecule has 0 heterocycles. The van der Waals surface area contributed by atoms with E-state index in [9.17, 15) is 14.4 Å². The Balaban J connectivity index is 1.98. The Morgan fingerprint density at radius 3 is 2.26 bits per heavy atom. The van der Waals surface area contributed by atoms with Gasteiger partial charge in [0.05, 0.1) is 25.3 Å². The summed E-state index contributed by atoms with van der Waals surface area (Å²) in [6.07, 6.45) is 0. The molecule has 0 aliphatic carbocycles. The van der Waals surface area contributed by atoms with Gasteiger partial charge in [-0.1, -0.05) is 12.1 Å². The molecule has 7 nitrogen and oxygen atoms in total. The number of hydrogen-bond donors (Lipinski definition) is 1. The number of benzene rings is 2. The van der Waals surface area contributed by atoms with Crippen molar-refractivity contribution in [3.63, 3.8) is 0 Å². The number of amides is 1. The zero-order valence-corrected chi connectivity index (χ0v) is 15.4. The maximum Gasteiger partial charge on any atom is 0.338 e. The summed E-state index contributed by atoms with van der Waals surface area (Å²) in [7, 11) is 2.94. The Kier molecular flexibility index (Phi) is 6.93. The fourth-order valence-electron chi connectivity index (χ4n) is 2.31. The summed E-state index contributed by atoms with van der Waals surface area (Å²) in [6.45, 7) is 1.38. The van der Waals surface area contributed by atoms with Crippen LogP contribution in [0.4, 0.5) is 0 Å². The van der Waals surface area contributed by atoms with Crippen LogP contribution in [0.2, 0.25) is 0 Å². The predicted molar refractivity (Wildman–Crippen MR) is 98.1 cm³/mol. The lowest BCUT2D eigenvalue weighted by Gasteiger charge is -2.10. The molecular formula is C20H21NO6. The molecule has 2 aromatic carbocycles. The highest BCUT2D eigenvalue weighted by Gasteiger charge is 2.16. The van der Waals surface area contributed by atoms with Gasteiger partial charge in [-0.05, 0) is 35.9 Å². The third-order valence-corrected chi connectivity index (χ3v) is 3.77. The van der Waals surface area contributed by atoms with Gasteiger partial charge in [0, 0.05) is 13.5 Å². The van der Waals surface area contributed by atoms with Gasteiger partial charge in [0.25, 0.3) is 0 Å². The van der Waals surface area contributed by atoms with E-state index in [2.05, 4.69) is 5.32 Å². The molecule has 2 aromatic rings. The summed E-state index contributed by atoms with van der Waals surface area (Å²) in [6, 6.07) is 11.4. The first-order valence-corrected chi connectivity index (χ1v) is 8.20. The molecule has 0 fully saturated rings. The first-order chi connectivity index (χ1) is 12.9. The van der Waals surface area contributed by atoms with Crippen molar-refractivity contribution in [2.24, 2.45) is 0 Å². The molecule has 0 bridgehead atoms. The van der Waals surface area contributed by atoms with E-state index in [1.165, 1.54) is 27.2 Å². The van der Waals surface area contributed by atoms with Crippen molar-refractivity contribution in [2.45, 2.75) is 13.5 Å². The van der Waals surface area contributed by atoms with Gasteiger partial charge >= 0.3 is 5.97 Å². The molecule has 0 unspecified atom stereocenters. The fourth-order valence-corrected chi connectivity index (χ4v) is 2.31. The number of ketones is 1. The Labute approximate surface area is 157 Å². The minimum atomic E-state index is -0.615. The molecule has 0 aliphatic heterocycles. The number of nitrogens with one attached hydrogen (secondary N) is 1. The second-order valence-electron chi connectivity index (χ2n) is 5.67. The zero-order valence-electron chi connectivity index (χ0n) is 15.4. The summed E-state index contributed by atoms with van der Waals surface area (Å²) in [4.78, 5) is 35.4. The molecule has 142 valence electrons. The molecule has 0 aromatic heterocycles. The first kappa shape index (κ1) is 20.0. The Morgan fingerprint density at radius 1 is 0.963 bits per heavy atom. The molecule has 1 N–H and O–H groups in total. The van der Waals surface area contributed by atoms with Crippen molar-refractivity contribution in [1.29, 1.82) is 0 Å². The van der Waals surface area contributed by atoms with E-state index in [1.807, 2.05) is 0 Å². The third-order valence-electron chi connectivity index (χ3n) is 3.77. The summed E-state index contributed by atoms with van der Waals surface area (Å²) in [5, 5.41) is 2.67. The van der Waals surface area contributed by atoms with E-state index in [-0.39, 0.29) is 11.5 Å². The predicted octanol–water partition coefficient (Wildman–Crippen LogP) is 2.38. The molecule has 0 saturated heterocycles. The average molecular weight is 371 g/mol. The molecule has 0 atom stereocenters. The number of ether oxygens (including phenoxy) is 3. The van der Waals surface area contributed by atoms with Crippen LogP contribution in [0.15, 0.2) is 42.5 Å². The van der Waals surface area contributed by atoms with Crippen LogP contribution in [-0.4, -0.2) is 38.5 Å². The van der Waals surface area contributed by atoms with E-state index in [0.717, 1.165) is 5.56 Å². The van der Waals surface area contributed by atoms with E-state index < -0.39 is 18.4 Å². The molecule has 0 aliphatic rings. The molecule has 1 amide bonds. The van der Waals surface area contributed by atoms with Gasteiger partial charge in [-0.2, -0.15) is 0 Å². The highest BCUT2D eigenvalue weighted by molar-refractivity contribution is 6.01. The van der Waals surface area contributed by atoms with Gasteiger partial charge in [-0.15, -0.1) is 0 Å². The third kappa shape index (κ3) is 5.57. The molecule has 0 spiro atoms. The van der Waals surface area contributed by atoms with Gasteiger partial charge in [-0.25, -0.2) is 4.79 Å². The summed E-state index contributed by atoms with van der Waals surface area (Å²) >= 11 is 0. The number of rotatable bonds is 8. The van der Waals surface area contributed by atoms with Crippen molar-refractivity contribution in [3.8, 4) is 11.5 Å². The van der Waals surface area contributed by atoms with Gasteiger partial charge in [-0.3, -0.25) is 9.59 Å². The normalized spacial score (nSPS) is 10.0. The maximum atomic E-state index is 12.4. The van der Waals surface area contributed by atoms with Crippen LogP contribution in [0.5, 0.6) is 11.5 Å². The van der Waals surface area contributed by atoms with Gasteiger partial charge in [0.2, 0.25) is 11.7 Å². The van der Waals surface area contributed by atoms with Crippen LogP contribution in [-0.2, 0) is 16.1 Å². The second-order valence-corrected chi connectivity index (χ2v) is 5.67. The minimum Gasteiger partial charge on any atom is -0.497 e. The quantitative estimate of drug-likeness (QED) is 0.566. The molecule has 0 saturated carbocycles. The lowest BCUT2D eigenvalue weighted by molar-refractivity contribution is -0.119. The molecule has 7 heteroatoms. The summed E-state index contributed by atoms with van der Waals surface area (Å²) in [5.74, 6) is -0.276. The molecular weight excluding hydrogens is 350 g/mol. The Hall–Kier alpha value is -3.35. The smallest absolute Gasteiger partial charge is 0.338 e. The number of esters is 1. The molecule has 2 rings (SSSR count). The lowest BCUT2D eigenvalue weighted by Crippen LogP contribution is -2.19. The maximum absolute atomic E-state index is 12.4. The standard InChI is InChI=1S/C20H21NO6/c1-13(22)21-11-14-4-6-15(7-5-14)20(24)27-12-18(23)17-10-16(25-2)8-9-19(17)26-3/h4-10H,11-12H2,1-3H3,(H,21,22). The van der Waals surface area contributed by atoms with E-state index in [0.29, 0.717) is 23.6 Å². The monoisotopic (exact) mass is 371 g/mol. The number of Topliss-reactive ketones (excluding diaryl/α,β-unsaturated/α-hetero) is 1. The molecule has 0 radical (unpaired) electrons. The van der Waals surface area contributed by atoms with E-state index in [1.54, 1.807) is 36.4 Å². The number of methoxy groups -OCH3 is 2. The van der Waals surface area contributed by atoms with Crippen LogP contribution >= 0.6 is 0 Å². The van der Waals surface area contributed by atoms with Crippen molar-refractivity contribution in [2.75, 3.05) is 20.8 Å². The Morgan fingerprint density at radius 2 is 1.67 bits per heavy atom. The van der Waals surface area contributed by atoms with Crippen molar-refractivity contribution in [3.05, 3.63) is 59.2 Å². The SMILES string of the molecule is COc1ccc(OC)c(C(=O)COC(=O)c2ccc(CNC(C)=O)cc2)c1. The zero-order chi connectivity index (χ0) is 19.8. The average Bonchev–Trinajstić information content (AvgIpc) is 2.69. The number of carbonyl (C=O) groups excluding carboxylic acids is 3. The summed E-state index contributed by atoms with van der Waals surface area (Å²) < 4.78 is 15.4. The van der Waals surface area contributed by atoms with Crippen molar-refractivity contribution in [1.82, 2.24) is 5.32 Å².